The lowest BCUT2D eigenvalue weighted by Crippen LogP contribution is -1.94. The minimum Gasteiger partial charge on any atom is -0.457 e. The van der Waals surface area contributed by atoms with E-state index in [1.165, 1.54) is 16.7 Å². The van der Waals surface area contributed by atoms with Crippen molar-refractivity contribution in [1.29, 1.82) is 0 Å². The van der Waals surface area contributed by atoms with Crippen LogP contribution < -0.4 is 4.74 Å². The van der Waals surface area contributed by atoms with Crippen molar-refractivity contribution < 1.29 is 4.74 Å². The van der Waals surface area contributed by atoms with E-state index >= 15 is 0 Å². The maximum absolute atomic E-state index is 6.04. The molecule has 0 fully saturated rings. The molecule has 104 valence electrons. The normalized spacial score (nSPS) is 10.3. The van der Waals surface area contributed by atoms with E-state index in [0.29, 0.717) is 0 Å². The zero-order valence-electron chi connectivity index (χ0n) is 12.1. The van der Waals surface area contributed by atoms with Crippen LogP contribution in [0.4, 0.5) is 0 Å². The van der Waals surface area contributed by atoms with Crippen LogP contribution in [0.5, 0.6) is 11.5 Å². The Labute approximate surface area is 125 Å². The van der Waals surface area contributed by atoms with Gasteiger partial charge < -0.3 is 4.74 Å². The summed E-state index contributed by atoms with van der Waals surface area (Å²) in [6.07, 6.45) is 0.880. The van der Waals surface area contributed by atoms with Gasteiger partial charge >= 0.3 is 0 Å². The summed E-state index contributed by atoms with van der Waals surface area (Å²) in [6.45, 7) is 2.11. The standard InChI is InChI=1S/C20H18O/c1-16-12-13-20(21-19-10-6-3-7-11-19)18(14-16)15-17-8-4-2-5-9-17/h2-14H,15H2,1H3. The minimum atomic E-state index is 0.871. The molecule has 1 heteroatoms. The van der Waals surface area contributed by atoms with Gasteiger partial charge in [0, 0.05) is 6.42 Å². The first-order valence-electron chi connectivity index (χ1n) is 7.17. The van der Waals surface area contributed by atoms with Crippen molar-refractivity contribution in [1.82, 2.24) is 0 Å². The third kappa shape index (κ3) is 3.51. The zero-order chi connectivity index (χ0) is 14.5. The second-order valence-electron chi connectivity index (χ2n) is 5.19. The van der Waals surface area contributed by atoms with Gasteiger partial charge in [0.15, 0.2) is 0 Å². The summed E-state index contributed by atoms with van der Waals surface area (Å²) in [5, 5.41) is 0. The van der Waals surface area contributed by atoms with E-state index in [-0.39, 0.29) is 0 Å². The van der Waals surface area contributed by atoms with Gasteiger partial charge in [-0.05, 0) is 36.2 Å². The molecule has 0 saturated carbocycles. The molecule has 0 aromatic heterocycles. The Morgan fingerprint density at radius 1 is 0.762 bits per heavy atom. The first kappa shape index (κ1) is 13.4. The van der Waals surface area contributed by atoms with Gasteiger partial charge in [-0.25, -0.2) is 0 Å². The second kappa shape index (κ2) is 6.27. The molecule has 0 unspecified atom stereocenters. The summed E-state index contributed by atoms with van der Waals surface area (Å²) in [5.74, 6) is 1.80. The number of para-hydroxylation sites is 1. The summed E-state index contributed by atoms with van der Waals surface area (Å²) in [6, 6.07) is 26.8. The smallest absolute Gasteiger partial charge is 0.130 e. The van der Waals surface area contributed by atoms with Crippen LogP contribution in [0.3, 0.4) is 0 Å². The Morgan fingerprint density at radius 2 is 1.43 bits per heavy atom. The highest BCUT2D eigenvalue weighted by Crippen LogP contribution is 2.28. The van der Waals surface area contributed by atoms with Crippen molar-refractivity contribution in [2.75, 3.05) is 0 Å². The molecule has 21 heavy (non-hydrogen) atoms. The molecular weight excluding hydrogens is 256 g/mol. The van der Waals surface area contributed by atoms with E-state index in [1.807, 2.05) is 36.4 Å². The fourth-order valence-electron chi connectivity index (χ4n) is 2.38. The molecule has 0 atom stereocenters. The van der Waals surface area contributed by atoms with E-state index in [1.54, 1.807) is 0 Å². The van der Waals surface area contributed by atoms with Crippen molar-refractivity contribution >= 4 is 0 Å². The highest BCUT2D eigenvalue weighted by Gasteiger charge is 2.06. The van der Waals surface area contributed by atoms with Gasteiger partial charge in [-0.1, -0.05) is 66.2 Å². The first-order valence-corrected chi connectivity index (χ1v) is 7.17. The van der Waals surface area contributed by atoms with Gasteiger partial charge in [0.1, 0.15) is 11.5 Å². The molecule has 0 heterocycles. The molecule has 0 saturated heterocycles. The van der Waals surface area contributed by atoms with E-state index in [2.05, 4.69) is 49.4 Å². The number of aryl methyl sites for hydroxylation is 1. The van der Waals surface area contributed by atoms with Crippen LogP contribution in [-0.2, 0) is 6.42 Å². The number of ether oxygens (including phenoxy) is 1. The summed E-state index contributed by atoms with van der Waals surface area (Å²) in [4.78, 5) is 0. The number of hydrogen-bond acceptors (Lipinski definition) is 1. The molecule has 3 rings (SSSR count). The van der Waals surface area contributed by atoms with E-state index < -0.39 is 0 Å². The number of rotatable bonds is 4. The van der Waals surface area contributed by atoms with Crippen molar-refractivity contribution in [3.63, 3.8) is 0 Å². The van der Waals surface area contributed by atoms with Crippen LogP contribution in [0.15, 0.2) is 78.9 Å². The summed E-state index contributed by atoms with van der Waals surface area (Å²) in [7, 11) is 0. The minimum absolute atomic E-state index is 0.871. The third-order valence-electron chi connectivity index (χ3n) is 3.42. The average Bonchev–Trinajstić information content (AvgIpc) is 2.52. The molecule has 0 spiro atoms. The van der Waals surface area contributed by atoms with E-state index in [9.17, 15) is 0 Å². The van der Waals surface area contributed by atoms with Gasteiger partial charge in [-0.15, -0.1) is 0 Å². The highest BCUT2D eigenvalue weighted by atomic mass is 16.5. The fraction of sp³-hybridized carbons (Fsp3) is 0.100. The molecular formula is C20H18O. The predicted octanol–water partition coefficient (Wildman–Crippen LogP) is 5.38. The molecule has 0 amide bonds. The highest BCUT2D eigenvalue weighted by molar-refractivity contribution is 5.42. The Kier molecular flexibility index (Phi) is 4.02. The quantitative estimate of drug-likeness (QED) is 0.620. The second-order valence-corrected chi connectivity index (χ2v) is 5.19. The molecule has 0 radical (unpaired) electrons. The summed E-state index contributed by atoms with van der Waals surface area (Å²) >= 11 is 0. The van der Waals surface area contributed by atoms with Gasteiger partial charge in [0.2, 0.25) is 0 Å². The molecule has 1 nitrogen and oxygen atoms in total. The largest absolute Gasteiger partial charge is 0.457 e. The Morgan fingerprint density at radius 3 is 2.14 bits per heavy atom. The topological polar surface area (TPSA) is 9.23 Å². The molecule has 3 aromatic carbocycles. The lowest BCUT2D eigenvalue weighted by atomic mass is 10.0. The van der Waals surface area contributed by atoms with Crippen LogP contribution in [0.1, 0.15) is 16.7 Å². The fourth-order valence-corrected chi connectivity index (χ4v) is 2.38. The Hall–Kier alpha value is -2.54. The van der Waals surface area contributed by atoms with Crippen molar-refractivity contribution in [2.24, 2.45) is 0 Å². The molecule has 3 aromatic rings. The van der Waals surface area contributed by atoms with E-state index in [4.69, 9.17) is 4.74 Å². The van der Waals surface area contributed by atoms with Crippen LogP contribution in [-0.4, -0.2) is 0 Å². The predicted molar refractivity (Wildman–Crippen MR) is 86.9 cm³/mol. The molecule has 0 aliphatic rings. The Bertz CT molecular complexity index is 702. The van der Waals surface area contributed by atoms with Crippen LogP contribution in [0, 0.1) is 6.92 Å². The third-order valence-corrected chi connectivity index (χ3v) is 3.42. The lowest BCUT2D eigenvalue weighted by Gasteiger charge is -2.12. The van der Waals surface area contributed by atoms with Crippen LogP contribution in [0.2, 0.25) is 0 Å². The molecule has 0 bridgehead atoms. The van der Waals surface area contributed by atoms with Crippen molar-refractivity contribution in [3.05, 3.63) is 95.6 Å². The van der Waals surface area contributed by atoms with Gasteiger partial charge in [-0.3, -0.25) is 0 Å². The van der Waals surface area contributed by atoms with Gasteiger partial charge in [0.25, 0.3) is 0 Å². The van der Waals surface area contributed by atoms with E-state index in [0.717, 1.165) is 17.9 Å². The monoisotopic (exact) mass is 274 g/mol. The molecule has 0 aliphatic carbocycles. The first-order chi connectivity index (χ1) is 10.3. The SMILES string of the molecule is Cc1ccc(Oc2ccccc2)c(Cc2ccccc2)c1. The van der Waals surface area contributed by atoms with Gasteiger partial charge in [-0.2, -0.15) is 0 Å². The summed E-state index contributed by atoms with van der Waals surface area (Å²) < 4.78 is 6.04. The van der Waals surface area contributed by atoms with Crippen LogP contribution >= 0.6 is 0 Å². The number of hydrogen-bond donors (Lipinski definition) is 0. The zero-order valence-corrected chi connectivity index (χ0v) is 12.1. The van der Waals surface area contributed by atoms with Crippen molar-refractivity contribution in [2.45, 2.75) is 13.3 Å². The number of benzene rings is 3. The van der Waals surface area contributed by atoms with Crippen molar-refractivity contribution in [3.8, 4) is 11.5 Å². The van der Waals surface area contributed by atoms with Crippen LogP contribution in [0.25, 0.3) is 0 Å². The average molecular weight is 274 g/mol. The lowest BCUT2D eigenvalue weighted by molar-refractivity contribution is 0.477. The summed E-state index contributed by atoms with van der Waals surface area (Å²) in [5.41, 5.74) is 3.76. The molecule has 0 aliphatic heterocycles. The maximum atomic E-state index is 6.04. The maximum Gasteiger partial charge on any atom is 0.130 e. The Balaban J connectivity index is 1.90. The van der Waals surface area contributed by atoms with Gasteiger partial charge in [0.05, 0.1) is 0 Å². The molecule has 0 N–H and O–H groups in total.